The van der Waals surface area contributed by atoms with Crippen LogP contribution in [0, 0.1) is 0 Å². The minimum atomic E-state index is -1.05. The van der Waals surface area contributed by atoms with Crippen molar-refractivity contribution in [1.29, 1.82) is 0 Å². The van der Waals surface area contributed by atoms with Crippen molar-refractivity contribution in [3.63, 3.8) is 0 Å². The summed E-state index contributed by atoms with van der Waals surface area (Å²) >= 11 is 6.55. The van der Waals surface area contributed by atoms with E-state index in [1.165, 1.54) is 0 Å². The van der Waals surface area contributed by atoms with Crippen LogP contribution in [0.15, 0.2) is 18.5 Å². The molecule has 2 fully saturated rings. The highest BCUT2D eigenvalue weighted by Gasteiger charge is 2.37. The van der Waals surface area contributed by atoms with Crippen molar-refractivity contribution in [1.82, 2.24) is 29.6 Å². The third-order valence-corrected chi connectivity index (χ3v) is 6.01. The maximum Gasteiger partial charge on any atom is 0.232 e. The lowest BCUT2D eigenvalue weighted by Crippen LogP contribution is -2.55. The zero-order valence-corrected chi connectivity index (χ0v) is 17.3. The summed E-state index contributed by atoms with van der Waals surface area (Å²) in [6, 6.07) is 1.78. The summed E-state index contributed by atoms with van der Waals surface area (Å²) in [4.78, 5) is 14.1. The second-order valence-corrected chi connectivity index (χ2v) is 7.86. The first-order chi connectivity index (χ1) is 14.6. The number of aromatic amines is 1. The minimum absolute atomic E-state index is 0.325. The number of ether oxygens (including phenoxy) is 2. The lowest BCUT2D eigenvalue weighted by molar-refractivity contribution is -0.0847. The quantitative estimate of drug-likeness (QED) is 0.614. The Kier molecular flexibility index (Phi) is 5.21. The van der Waals surface area contributed by atoms with Crippen molar-refractivity contribution in [3.05, 3.63) is 23.6 Å². The number of halogens is 2. The van der Waals surface area contributed by atoms with Gasteiger partial charge in [-0.25, -0.2) is 9.07 Å². The molecule has 2 aliphatic rings. The fourth-order valence-corrected chi connectivity index (χ4v) is 4.22. The molecule has 3 aromatic rings. The van der Waals surface area contributed by atoms with E-state index < -0.39 is 12.2 Å². The summed E-state index contributed by atoms with van der Waals surface area (Å²) in [5, 5.41) is 8.56. The molecule has 9 nitrogen and oxygen atoms in total. The van der Waals surface area contributed by atoms with Gasteiger partial charge in [-0.2, -0.15) is 15.1 Å². The molecule has 0 aromatic carbocycles. The van der Waals surface area contributed by atoms with Crippen LogP contribution in [0.3, 0.4) is 0 Å². The normalized spacial score (nSPS) is 22.9. The summed E-state index contributed by atoms with van der Waals surface area (Å²) in [5.41, 5.74) is 1.17. The Morgan fingerprint density at radius 2 is 2.27 bits per heavy atom. The molecular formula is C19H23ClFN7O2. The van der Waals surface area contributed by atoms with E-state index in [9.17, 15) is 4.39 Å². The molecule has 2 atom stereocenters. The Morgan fingerprint density at radius 3 is 3.00 bits per heavy atom. The molecule has 160 valence electrons. The number of hydrogen-bond donors (Lipinski definition) is 2. The van der Waals surface area contributed by atoms with Crippen LogP contribution in [0.4, 0.5) is 16.0 Å². The van der Waals surface area contributed by atoms with Crippen molar-refractivity contribution in [3.8, 4) is 5.88 Å². The van der Waals surface area contributed by atoms with Gasteiger partial charge in [-0.05, 0) is 19.4 Å². The van der Waals surface area contributed by atoms with E-state index in [1.54, 1.807) is 17.1 Å². The third kappa shape index (κ3) is 3.48. The van der Waals surface area contributed by atoms with Crippen LogP contribution in [0.1, 0.15) is 19.4 Å². The van der Waals surface area contributed by atoms with Crippen LogP contribution < -0.4 is 10.1 Å². The van der Waals surface area contributed by atoms with Gasteiger partial charge in [0.25, 0.3) is 0 Å². The first-order valence-corrected chi connectivity index (χ1v) is 10.5. The van der Waals surface area contributed by atoms with E-state index in [0.29, 0.717) is 67.1 Å². The first kappa shape index (κ1) is 19.5. The number of rotatable bonds is 6. The van der Waals surface area contributed by atoms with E-state index >= 15 is 0 Å². The van der Waals surface area contributed by atoms with Crippen LogP contribution in [-0.2, 0) is 4.74 Å². The predicted molar refractivity (Wildman–Crippen MR) is 110 cm³/mol. The van der Waals surface area contributed by atoms with Crippen molar-refractivity contribution < 1.29 is 13.9 Å². The average molecular weight is 436 g/mol. The Balaban J connectivity index is 1.34. The van der Waals surface area contributed by atoms with E-state index in [0.717, 1.165) is 11.9 Å². The van der Waals surface area contributed by atoms with Crippen molar-refractivity contribution in [2.45, 2.75) is 31.6 Å². The van der Waals surface area contributed by atoms with Gasteiger partial charge < -0.3 is 19.8 Å². The molecule has 11 heteroatoms. The van der Waals surface area contributed by atoms with Gasteiger partial charge in [0.05, 0.1) is 49.2 Å². The Labute approximate surface area is 177 Å². The Morgan fingerprint density at radius 1 is 1.40 bits per heavy atom. The number of piperidine rings is 1. The molecular weight excluding hydrogens is 413 g/mol. The molecule has 3 aromatic heterocycles. The number of anilines is 2. The lowest BCUT2D eigenvalue weighted by Gasteiger charge is -2.42. The monoisotopic (exact) mass is 435 g/mol. The fourth-order valence-electron chi connectivity index (χ4n) is 3.96. The number of aromatic nitrogens is 5. The molecule has 0 aliphatic carbocycles. The maximum absolute atomic E-state index is 14.9. The second kappa shape index (κ2) is 8.01. The summed E-state index contributed by atoms with van der Waals surface area (Å²) in [6.07, 6.45) is 2.93. The molecule has 0 saturated carbocycles. The maximum atomic E-state index is 14.9. The molecule has 5 rings (SSSR count). The van der Waals surface area contributed by atoms with Crippen molar-refractivity contribution in [2.24, 2.45) is 0 Å². The number of nitrogens with one attached hydrogen (secondary N) is 2. The Bertz CT molecular complexity index is 1040. The molecule has 0 spiro atoms. The van der Waals surface area contributed by atoms with Gasteiger partial charge in [0.1, 0.15) is 11.8 Å². The standard InChI is InChI=1S/C19H23ClFN7O2/c1-2-30-18-12-3-5-22-17(12)25-19(26-18)24-14-7-23-28(16(14)20)15-4-6-27(8-13(15)21)11-9-29-10-11/h3,5,7,11,13,15H,2,4,6,8-10H2,1H3,(H2,22,24,25,26). The van der Waals surface area contributed by atoms with Gasteiger partial charge in [-0.15, -0.1) is 0 Å². The van der Waals surface area contributed by atoms with Gasteiger partial charge in [-0.1, -0.05) is 11.6 Å². The van der Waals surface area contributed by atoms with Crippen molar-refractivity contribution in [2.75, 3.05) is 38.2 Å². The van der Waals surface area contributed by atoms with Gasteiger partial charge in [0.2, 0.25) is 11.8 Å². The molecule has 0 amide bonds. The number of hydrogen-bond acceptors (Lipinski definition) is 7. The smallest absolute Gasteiger partial charge is 0.232 e. The number of likely N-dealkylation sites (tertiary alicyclic amines) is 1. The SMILES string of the molecule is CCOc1nc(Nc2cnn(C3CCN(C4COC4)CC3F)c2Cl)nc2[nH]ccc12. The third-order valence-electron chi connectivity index (χ3n) is 5.63. The largest absolute Gasteiger partial charge is 0.477 e. The molecule has 2 saturated heterocycles. The van der Waals surface area contributed by atoms with E-state index in [-0.39, 0.29) is 0 Å². The predicted octanol–water partition coefficient (Wildman–Crippen LogP) is 2.93. The summed E-state index contributed by atoms with van der Waals surface area (Å²) in [5.74, 6) is 0.803. The molecule has 0 radical (unpaired) electrons. The zero-order chi connectivity index (χ0) is 20.7. The molecule has 2 aliphatic heterocycles. The highest BCUT2D eigenvalue weighted by molar-refractivity contribution is 6.32. The second-order valence-electron chi connectivity index (χ2n) is 7.50. The first-order valence-electron chi connectivity index (χ1n) is 10.1. The van der Waals surface area contributed by atoms with Crippen LogP contribution in [0.5, 0.6) is 5.88 Å². The van der Waals surface area contributed by atoms with Gasteiger partial charge in [0.15, 0.2) is 5.15 Å². The fraction of sp³-hybridized carbons (Fsp3) is 0.526. The topological polar surface area (TPSA) is 93.1 Å². The van der Waals surface area contributed by atoms with Gasteiger partial charge >= 0.3 is 0 Å². The number of alkyl halides is 1. The summed E-state index contributed by atoms with van der Waals surface area (Å²) in [6.45, 7) is 4.90. The van der Waals surface area contributed by atoms with Gasteiger partial charge in [-0.3, -0.25) is 4.90 Å². The van der Waals surface area contributed by atoms with Crippen LogP contribution >= 0.6 is 11.6 Å². The lowest BCUT2D eigenvalue weighted by atomic mass is 10.0. The molecule has 0 bridgehead atoms. The number of fused-ring (bicyclic) bond motifs is 1. The average Bonchev–Trinajstić information content (AvgIpc) is 3.29. The van der Waals surface area contributed by atoms with E-state index in [2.05, 4.69) is 30.3 Å². The highest BCUT2D eigenvalue weighted by Crippen LogP contribution is 2.34. The molecule has 30 heavy (non-hydrogen) atoms. The summed E-state index contributed by atoms with van der Waals surface area (Å²) < 4.78 is 27.3. The molecule has 5 heterocycles. The van der Waals surface area contributed by atoms with Crippen molar-refractivity contribution >= 4 is 34.3 Å². The van der Waals surface area contributed by atoms with Crippen LogP contribution in [0.25, 0.3) is 11.0 Å². The molecule has 2 N–H and O–H groups in total. The number of nitrogens with zero attached hydrogens (tertiary/aromatic N) is 5. The van der Waals surface area contributed by atoms with E-state index in [1.807, 2.05) is 13.0 Å². The minimum Gasteiger partial charge on any atom is -0.477 e. The highest BCUT2D eigenvalue weighted by atomic mass is 35.5. The van der Waals surface area contributed by atoms with Crippen LogP contribution in [0.2, 0.25) is 5.15 Å². The Hall–Kier alpha value is -2.43. The number of H-pyrrole nitrogens is 1. The van der Waals surface area contributed by atoms with E-state index in [4.69, 9.17) is 21.1 Å². The zero-order valence-electron chi connectivity index (χ0n) is 16.5. The summed E-state index contributed by atoms with van der Waals surface area (Å²) in [7, 11) is 0. The van der Waals surface area contributed by atoms with Crippen LogP contribution in [-0.4, -0.2) is 74.8 Å². The molecule has 2 unspecified atom stereocenters. The van der Waals surface area contributed by atoms with Gasteiger partial charge in [0, 0.05) is 19.3 Å².